The summed E-state index contributed by atoms with van der Waals surface area (Å²) >= 11 is 0. The molecule has 2 atom stereocenters. The lowest BCUT2D eigenvalue weighted by Gasteiger charge is -2.38. The molecular weight excluding hydrogens is 596 g/mol. The number of halogens is 4. The second-order valence-corrected chi connectivity index (χ2v) is 11.7. The molecule has 3 aromatic carbocycles. The van der Waals surface area contributed by atoms with E-state index in [9.17, 15) is 32.6 Å². The number of aliphatic hydroxyl groups is 3. The molecule has 0 bridgehead atoms. The predicted molar refractivity (Wildman–Crippen MR) is 161 cm³/mol. The summed E-state index contributed by atoms with van der Waals surface area (Å²) in [6.07, 6.45) is -5.48. The number of anilines is 1. The van der Waals surface area contributed by atoms with E-state index in [0.717, 1.165) is 12.1 Å². The van der Waals surface area contributed by atoms with Crippen molar-refractivity contribution in [1.29, 1.82) is 0 Å². The average molecular weight is 633 g/mol. The molecule has 0 aliphatic heterocycles. The Morgan fingerprint density at radius 3 is 2.51 bits per heavy atom. The Kier molecular flexibility index (Phi) is 9.76. The van der Waals surface area contributed by atoms with E-state index in [-0.39, 0.29) is 23.4 Å². The highest BCUT2D eigenvalue weighted by atomic mass is 19.4. The number of hydrogen-bond acceptors (Lipinski definition) is 7. The summed E-state index contributed by atoms with van der Waals surface area (Å²) in [5.41, 5.74) is -2.09. The monoisotopic (exact) mass is 632 g/mol. The largest absolute Gasteiger partial charge is 0.496 e. The highest BCUT2D eigenvalue weighted by Gasteiger charge is 2.56. The number of ether oxygens (including phenoxy) is 1. The van der Waals surface area contributed by atoms with Gasteiger partial charge in [0, 0.05) is 28.7 Å². The molecule has 0 spiro atoms. The zero-order valence-corrected chi connectivity index (χ0v) is 25.2. The van der Waals surface area contributed by atoms with E-state index >= 15 is 0 Å². The lowest BCUT2D eigenvalue weighted by Crippen LogP contribution is -2.53. The first-order valence-corrected chi connectivity index (χ1v) is 14.1. The number of amides is 1. The molecule has 2 unspecified atom stereocenters. The molecule has 0 saturated heterocycles. The van der Waals surface area contributed by atoms with Crippen molar-refractivity contribution in [2.24, 2.45) is 0 Å². The van der Waals surface area contributed by atoms with Crippen LogP contribution in [0.3, 0.4) is 0 Å². The summed E-state index contributed by atoms with van der Waals surface area (Å²) in [6, 6.07) is 13.5. The van der Waals surface area contributed by atoms with Gasteiger partial charge in [0.25, 0.3) is 5.91 Å². The molecule has 1 amide bonds. The maximum absolute atomic E-state index is 14.5. The van der Waals surface area contributed by atoms with Gasteiger partial charge in [-0.05, 0) is 72.9 Å². The van der Waals surface area contributed by atoms with Gasteiger partial charge in [-0.3, -0.25) is 4.79 Å². The fraction of sp³-hybridized carbons (Fsp3) is 0.375. The molecule has 1 heterocycles. The smallest absolute Gasteiger partial charge is 0.418 e. The number of aromatic nitrogens is 2. The molecule has 5 N–H and O–H groups in total. The number of carbonyl (C=O) groups excluding carboxylic acids is 1. The average Bonchev–Trinajstić information content (AvgIpc) is 3.41. The van der Waals surface area contributed by atoms with Crippen LogP contribution in [0.4, 0.5) is 23.2 Å². The number of hydrogen-bond donors (Lipinski definition) is 5. The molecule has 9 nitrogen and oxygen atoms in total. The molecule has 0 fully saturated rings. The van der Waals surface area contributed by atoms with E-state index in [1.54, 1.807) is 43.3 Å². The van der Waals surface area contributed by atoms with Crippen LogP contribution in [0.5, 0.6) is 5.75 Å². The lowest BCUT2D eigenvalue weighted by molar-refractivity contribution is -0.260. The van der Waals surface area contributed by atoms with Crippen molar-refractivity contribution in [1.82, 2.24) is 15.1 Å². The van der Waals surface area contributed by atoms with Crippen molar-refractivity contribution in [3.05, 3.63) is 83.3 Å². The summed E-state index contributed by atoms with van der Waals surface area (Å²) in [7, 11) is 1.34. The van der Waals surface area contributed by atoms with Crippen molar-refractivity contribution >= 4 is 22.5 Å². The zero-order valence-electron chi connectivity index (χ0n) is 25.2. The van der Waals surface area contributed by atoms with Crippen LogP contribution in [-0.4, -0.2) is 75.7 Å². The Labute approximate surface area is 257 Å². The molecule has 13 heteroatoms. The number of benzene rings is 3. The van der Waals surface area contributed by atoms with Crippen molar-refractivity contribution in [2.45, 2.75) is 50.5 Å². The van der Waals surface area contributed by atoms with Gasteiger partial charge < -0.3 is 30.7 Å². The van der Waals surface area contributed by atoms with Crippen molar-refractivity contribution in [3.63, 3.8) is 0 Å². The Hall–Kier alpha value is -4.20. The highest BCUT2D eigenvalue weighted by molar-refractivity contribution is 5.96. The first kappa shape index (κ1) is 33.7. The number of fused-ring (bicyclic) bond motifs is 1. The Balaban J connectivity index is 1.64. The maximum Gasteiger partial charge on any atom is 0.418 e. The Morgan fingerprint density at radius 1 is 1.11 bits per heavy atom. The predicted octanol–water partition coefficient (Wildman–Crippen LogP) is 4.64. The van der Waals surface area contributed by atoms with Gasteiger partial charge in [0.15, 0.2) is 5.60 Å². The van der Waals surface area contributed by atoms with Crippen LogP contribution >= 0.6 is 0 Å². The first-order valence-electron chi connectivity index (χ1n) is 14.1. The van der Waals surface area contributed by atoms with Crippen molar-refractivity contribution in [2.75, 3.05) is 32.1 Å². The van der Waals surface area contributed by atoms with Crippen LogP contribution in [0.2, 0.25) is 0 Å². The molecule has 4 aromatic rings. The van der Waals surface area contributed by atoms with Gasteiger partial charge in [0.1, 0.15) is 11.6 Å². The van der Waals surface area contributed by atoms with Gasteiger partial charge in [-0.1, -0.05) is 19.9 Å². The Bertz CT molecular complexity index is 1670. The minimum atomic E-state index is -5.04. The molecule has 1 aromatic heterocycles. The third-order valence-electron chi connectivity index (χ3n) is 7.62. The minimum absolute atomic E-state index is 0.143. The maximum atomic E-state index is 14.5. The molecule has 0 aliphatic carbocycles. The number of methoxy groups -OCH3 is 1. The molecule has 4 rings (SSSR count). The van der Waals surface area contributed by atoms with E-state index < -0.39 is 54.6 Å². The molecule has 0 radical (unpaired) electrons. The van der Waals surface area contributed by atoms with Crippen LogP contribution in [0, 0.1) is 12.7 Å². The van der Waals surface area contributed by atoms with Crippen molar-refractivity contribution < 1.29 is 42.4 Å². The third-order valence-corrected chi connectivity index (χ3v) is 7.62. The van der Waals surface area contributed by atoms with Crippen LogP contribution in [-0.2, 0) is 5.41 Å². The van der Waals surface area contributed by atoms with E-state index in [1.165, 1.54) is 37.9 Å². The van der Waals surface area contributed by atoms with E-state index in [4.69, 9.17) is 9.84 Å². The topological polar surface area (TPSA) is 129 Å². The fourth-order valence-electron chi connectivity index (χ4n) is 5.31. The second kappa shape index (κ2) is 13.0. The minimum Gasteiger partial charge on any atom is -0.496 e. The summed E-state index contributed by atoms with van der Waals surface area (Å²) in [5, 5.41) is 39.8. The molecular formula is C32H36F4N4O5. The molecule has 0 saturated carbocycles. The molecule has 0 aliphatic rings. The second-order valence-electron chi connectivity index (χ2n) is 11.7. The fourth-order valence-corrected chi connectivity index (χ4v) is 5.31. The summed E-state index contributed by atoms with van der Waals surface area (Å²) in [5.74, 6) is -0.918. The summed E-state index contributed by atoms with van der Waals surface area (Å²) in [6.45, 7) is 3.17. The van der Waals surface area contributed by atoms with Gasteiger partial charge >= 0.3 is 6.18 Å². The van der Waals surface area contributed by atoms with Gasteiger partial charge in [-0.2, -0.15) is 18.3 Å². The quantitative estimate of drug-likeness (QED) is 0.144. The number of aryl methyl sites for hydroxylation is 1. The van der Waals surface area contributed by atoms with Crippen LogP contribution in [0.15, 0.2) is 60.8 Å². The standard InChI is InChI=1S/C32H36F4N4O5/c1-19-10-26(38-18-31(44,32(34,35)36)17-30(2,3)25-13-21(33)8-9-28(25)45-4)24-15-39-40(27(24)11-19)22-7-5-6-20(12-22)29(43)37-14-23(42)16-41/h5-13,15,23,38,41-42,44H,14,16-18H2,1-4H3,(H,37,43). The van der Waals surface area contributed by atoms with Crippen LogP contribution in [0.1, 0.15) is 41.8 Å². The normalized spacial score (nSPS) is 14.2. The van der Waals surface area contributed by atoms with E-state index in [1.807, 2.05) is 0 Å². The highest BCUT2D eigenvalue weighted by Crippen LogP contribution is 2.44. The zero-order chi connectivity index (χ0) is 33.2. The van der Waals surface area contributed by atoms with Crippen LogP contribution < -0.4 is 15.4 Å². The van der Waals surface area contributed by atoms with E-state index in [0.29, 0.717) is 27.8 Å². The molecule has 45 heavy (non-hydrogen) atoms. The number of nitrogens with zero attached hydrogens (tertiary/aromatic N) is 2. The van der Waals surface area contributed by atoms with E-state index in [2.05, 4.69) is 15.7 Å². The number of carbonyl (C=O) groups is 1. The third kappa shape index (κ3) is 7.38. The van der Waals surface area contributed by atoms with Crippen LogP contribution in [0.25, 0.3) is 16.6 Å². The van der Waals surface area contributed by atoms with Gasteiger partial charge in [0.05, 0.1) is 43.8 Å². The van der Waals surface area contributed by atoms with Crippen molar-refractivity contribution in [3.8, 4) is 11.4 Å². The summed E-state index contributed by atoms with van der Waals surface area (Å²) in [4.78, 5) is 12.6. The lowest BCUT2D eigenvalue weighted by atomic mass is 9.74. The number of rotatable bonds is 12. The number of nitrogens with one attached hydrogen (secondary N) is 2. The molecule has 242 valence electrons. The van der Waals surface area contributed by atoms with Gasteiger partial charge in [0.2, 0.25) is 0 Å². The number of alkyl halides is 3. The number of aliphatic hydroxyl groups excluding tert-OH is 2. The van der Waals surface area contributed by atoms with Gasteiger partial charge in [-0.15, -0.1) is 0 Å². The Morgan fingerprint density at radius 2 is 1.84 bits per heavy atom. The van der Waals surface area contributed by atoms with Gasteiger partial charge in [-0.25, -0.2) is 9.07 Å². The summed E-state index contributed by atoms with van der Waals surface area (Å²) < 4.78 is 64.4. The first-order chi connectivity index (χ1) is 21.1. The SMILES string of the molecule is COc1ccc(F)cc1C(C)(C)CC(O)(CNc1cc(C)cc2c1cnn2-c1cccc(C(=O)NCC(O)CO)c1)C(F)(F)F.